The second-order valence-electron chi connectivity index (χ2n) is 5.75. The van der Waals surface area contributed by atoms with Gasteiger partial charge in [0.05, 0.1) is 5.69 Å². The Balaban J connectivity index is 1.80. The largest absolute Gasteiger partial charge is 0.252 e. The van der Waals surface area contributed by atoms with Gasteiger partial charge in [-0.1, -0.05) is 66.2 Å². The summed E-state index contributed by atoms with van der Waals surface area (Å²) in [6.07, 6.45) is 0.894. The van der Waals surface area contributed by atoms with Crippen molar-refractivity contribution in [1.82, 2.24) is 0 Å². The minimum atomic E-state index is 0.351. The van der Waals surface area contributed by atoms with Crippen molar-refractivity contribution < 1.29 is 0 Å². The summed E-state index contributed by atoms with van der Waals surface area (Å²) in [5.74, 6) is 0. The first-order valence-corrected chi connectivity index (χ1v) is 9.19. The van der Waals surface area contributed by atoms with Crippen molar-refractivity contribution in [2.75, 3.05) is 0 Å². The molecule has 0 aliphatic carbocycles. The van der Waals surface area contributed by atoms with Gasteiger partial charge in [0.2, 0.25) is 0 Å². The molecule has 1 aliphatic rings. The van der Waals surface area contributed by atoms with Crippen molar-refractivity contribution in [2.45, 2.75) is 16.6 Å². The van der Waals surface area contributed by atoms with Crippen LogP contribution < -0.4 is 0 Å². The standard InChI is InChI=1S/C21H16ClNS/c22-17-12-10-15(11-13-17)19-14-21(16-6-2-1-3-7-16)24-20-9-5-4-8-18(20)23-19/h1-13,21H,14H2/t21-/m0/s1. The van der Waals surface area contributed by atoms with E-state index in [1.165, 1.54) is 10.5 Å². The molecular formula is C21H16ClNS. The van der Waals surface area contributed by atoms with Crippen LogP contribution >= 0.6 is 23.4 Å². The van der Waals surface area contributed by atoms with Crippen LogP contribution in [0.4, 0.5) is 5.69 Å². The lowest BCUT2D eigenvalue weighted by molar-refractivity contribution is 1.01. The van der Waals surface area contributed by atoms with Crippen molar-refractivity contribution in [1.29, 1.82) is 0 Å². The number of rotatable bonds is 2. The van der Waals surface area contributed by atoms with Gasteiger partial charge in [0, 0.05) is 27.3 Å². The molecular weight excluding hydrogens is 334 g/mol. The minimum absolute atomic E-state index is 0.351. The maximum atomic E-state index is 6.04. The first kappa shape index (κ1) is 15.5. The van der Waals surface area contributed by atoms with Gasteiger partial charge >= 0.3 is 0 Å². The molecule has 0 N–H and O–H groups in total. The molecule has 0 fully saturated rings. The van der Waals surface area contributed by atoms with Crippen LogP contribution in [0.15, 0.2) is 88.8 Å². The van der Waals surface area contributed by atoms with Gasteiger partial charge in [-0.05, 0) is 35.4 Å². The maximum absolute atomic E-state index is 6.04. The molecule has 1 nitrogen and oxygen atoms in total. The van der Waals surface area contributed by atoms with Crippen LogP contribution in [-0.4, -0.2) is 5.71 Å². The van der Waals surface area contributed by atoms with E-state index >= 15 is 0 Å². The van der Waals surface area contributed by atoms with Crippen molar-refractivity contribution >= 4 is 34.8 Å². The first-order valence-electron chi connectivity index (χ1n) is 7.94. The number of benzene rings is 3. The minimum Gasteiger partial charge on any atom is -0.252 e. The molecule has 1 heterocycles. The summed E-state index contributed by atoms with van der Waals surface area (Å²) in [4.78, 5) is 6.20. The summed E-state index contributed by atoms with van der Waals surface area (Å²) in [6, 6.07) is 27.0. The van der Waals surface area contributed by atoms with Crippen LogP contribution in [0.3, 0.4) is 0 Å². The predicted molar refractivity (Wildman–Crippen MR) is 104 cm³/mol. The van der Waals surface area contributed by atoms with E-state index in [-0.39, 0.29) is 0 Å². The zero-order valence-corrected chi connectivity index (χ0v) is 14.6. The number of halogens is 1. The van der Waals surface area contributed by atoms with Gasteiger partial charge in [0.25, 0.3) is 0 Å². The van der Waals surface area contributed by atoms with E-state index in [1.807, 2.05) is 30.0 Å². The SMILES string of the molecule is Clc1ccc(C2=Nc3ccccc3S[C@H](c3ccccc3)C2)cc1. The van der Waals surface area contributed by atoms with E-state index < -0.39 is 0 Å². The fourth-order valence-electron chi connectivity index (χ4n) is 2.89. The Bertz CT molecular complexity index is 872. The second kappa shape index (κ2) is 6.84. The third-order valence-electron chi connectivity index (χ3n) is 4.12. The van der Waals surface area contributed by atoms with Crippen molar-refractivity contribution in [3.05, 3.63) is 95.0 Å². The number of hydrogen-bond donors (Lipinski definition) is 0. The molecule has 0 saturated heterocycles. The van der Waals surface area contributed by atoms with E-state index in [1.54, 1.807) is 0 Å². The van der Waals surface area contributed by atoms with Crippen LogP contribution in [0.2, 0.25) is 5.02 Å². The zero-order valence-electron chi connectivity index (χ0n) is 13.0. The second-order valence-corrected chi connectivity index (χ2v) is 7.44. The molecule has 1 aliphatic heterocycles. The van der Waals surface area contributed by atoms with Crippen molar-refractivity contribution in [3.63, 3.8) is 0 Å². The van der Waals surface area contributed by atoms with E-state index in [0.29, 0.717) is 5.25 Å². The van der Waals surface area contributed by atoms with Gasteiger partial charge in [-0.3, -0.25) is 4.99 Å². The van der Waals surface area contributed by atoms with E-state index in [4.69, 9.17) is 16.6 Å². The molecule has 4 rings (SSSR count). The number of para-hydroxylation sites is 1. The summed E-state index contributed by atoms with van der Waals surface area (Å²) in [5, 5.41) is 1.10. The third kappa shape index (κ3) is 3.26. The molecule has 0 aromatic heterocycles. The van der Waals surface area contributed by atoms with Crippen LogP contribution in [0.1, 0.15) is 22.8 Å². The van der Waals surface area contributed by atoms with Crippen molar-refractivity contribution in [2.24, 2.45) is 4.99 Å². The molecule has 0 amide bonds. The Labute approximate surface area is 151 Å². The normalized spacial score (nSPS) is 16.9. The smallest absolute Gasteiger partial charge is 0.0769 e. The molecule has 0 radical (unpaired) electrons. The average Bonchev–Trinajstić information content (AvgIpc) is 2.83. The molecule has 0 unspecified atom stereocenters. The Morgan fingerprint density at radius 2 is 1.54 bits per heavy atom. The highest BCUT2D eigenvalue weighted by Crippen LogP contribution is 2.45. The predicted octanol–water partition coefficient (Wildman–Crippen LogP) is 6.70. The molecule has 3 aromatic rings. The summed E-state index contributed by atoms with van der Waals surface area (Å²) >= 11 is 7.94. The highest BCUT2D eigenvalue weighted by Gasteiger charge is 2.22. The number of aliphatic imine (C=N–C) groups is 1. The van der Waals surface area contributed by atoms with Crippen molar-refractivity contribution in [3.8, 4) is 0 Å². The van der Waals surface area contributed by atoms with Gasteiger partial charge in [-0.2, -0.15) is 0 Å². The quantitative estimate of drug-likeness (QED) is 0.501. The number of nitrogens with zero attached hydrogens (tertiary/aromatic N) is 1. The van der Waals surface area contributed by atoms with Gasteiger partial charge < -0.3 is 0 Å². The highest BCUT2D eigenvalue weighted by molar-refractivity contribution is 7.99. The monoisotopic (exact) mass is 349 g/mol. The Kier molecular flexibility index (Phi) is 4.42. The molecule has 118 valence electrons. The van der Waals surface area contributed by atoms with Crippen LogP contribution in [0.5, 0.6) is 0 Å². The van der Waals surface area contributed by atoms with E-state index in [2.05, 4.69) is 60.7 Å². The topological polar surface area (TPSA) is 12.4 Å². The Hall–Kier alpha value is -2.03. The molecule has 1 atom stereocenters. The summed E-state index contributed by atoms with van der Waals surface area (Å²) in [7, 11) is 0. The molecule has 3 aromatic carbocycles. The van der Waals surface area contributed by atoms with E-state index in [9.17, 15) is 0 Å². The number of fused-ring (bicyclic) bond motifs is 1. The van der Waals surface area contributed by atoms with Crippen LogP contribution in [0.25, 0.3) is 0 Å². The average molecular weight is 350 g/mol. The highest BCUT2D eigenvalue weighted by atomic mass is 35.5. The van der Waals surface area contributed by atoms with Crippen LogP contribution in [0, 0.1) is 0 Å². The summed E-state index contributed by atoms with van der Waals surface area (Å²) in [5.41, 5.74) is 4.63. The first-order chi connectivity index (χ1) is 11.8. The Morgan fingerprint density at radius 3 is 2.33 bits per heavy atom. The van der Waals surface area contributed by atoms with Crippen LogP contribution in [-0.2, 0) is 0 Å². The van der Waals surface area contributed by atoms with Gasteiger partial charge in [-0.25, -0.2) is 0 Å². The molecule has 0 saturated carbocycles. The lowest BCUT2D eigenvalue weighted by atomic mass is 10.0. The van der Waals surface area contributed by atoms with Gasteiger partial charge in [0.15, 0.2) is 0 Å². The molecule has 0 bridgehead atoms. The van der Waals surface area contributed by atoms with E-state index in [0.717, 1.165) is 28.4 Å². The summed E-state index contributed by atoms with van der Waals surface area (Å²) < 4.78 is 0. The summed E-state index contributed by atoms with van der Waals surface area (Å²) in [6.45, 7) is 0. The van der Waals surface area contributed by atoms with Gasteiger partial charge in [-0.15, -0.1) is 11.8 Å². The lowest BCUT2D eigenvalue weighted by Crippen LogP contribution is -2.05. The fourth-order valence-corrected chi connectivity index (χ4v) is 4.25. The lowest BCUT2D eigenvalue weighted by Gasteiger charge is -2.16. The molecule has 3 heteroatoms. The Morgan fingerprint density at radius 1 is 0.833 bits per heavy atom. The number of thioether (sulfide) groups is 1. The van der Waals surface area contributed by atoms with Gasteiger partial charge in [0.1, 0.15) is 0 Å². The molecule has 24 heavy (non-hydrogen) atoms. The zero-order chi connectivity index (χ0) is 16.4. The number of hydrogen-bond acceptors (Lipinski definition) is 2. The maximum Gasteiger partial charge on any atom is 0.0769 e. The third-order valence-corrected chi connectivity index (χ3v) is 5.69. The molecule has 0 spiro atoms. The fraction of sp³-hybridized carbons (Fsp3) is 0.0952.